The van der Waals surface area contributed by atoms with Gasteiger partial charge in [0.25, 0.3) is 10.0 Å². The summed E-state index contributed by atoms with van der Waals surface area (Å²) in [5.41, 5.74) is 3.82. The van der Waals surface area contributed by atoms with E-state index in [1.807, 2.05) is 6.07 Å². The van der Waals surface area contributed by atoms with Crippen LogP contribution in [0.25, 0.3) is 0 Å². The highest BCUT2D eigenvalue weighted by molar-refractivity contribution is 7.89. The Bertz CT molecular complexity index is 735. The number of hydrogen-bond acceptors (Lipinski definition) is 4. The Labute approximate surface area is 117 Å². The molecule has 0 saturated carbocycles. The monoisotopic (exact) mass is 292 g/mol. The molecule has 0 atom stereocenters. The Hall–Kier alpha value is -1.79. The van der Waals surface area contributed by atoms with Gasteiger partial charge in [0.2, 0.25) is 5.09 Å². The quantitative estimate of drug-likeness (QED) is 0.903. The van der Waals surface area contributed by atoms with Crippen LogP contribution in [0.2, 0.25) is 0 Å². The molecule has 1 aromatic carbocycles. The van der Waals surface area contributed by atoms with Crippen molar-refractivity contribution in [1.82, 2.24) is 0 Å². The Balaban J connectivity index is 1.69. The van der Waals surface area contributed by atoms with Gasteiger partial charge in [-0.2, -0.15) is 0 Å². The van der Waals surface area contributed by atoms with E-state index < -0.39 is 10.0 Å². The van der Waals surface area contributed by atoms with E-state index in [9.17, 15) is 8.42 Å². The fraction of sp³-hybridized carbons (Fsp3) is 0.286. The number of sulfonamides is 1. The van der Waals surface area contributed by atoms with Crippen molar-refractivity contribution in [3.8, 4) is 0 Å². The van der Waals surface area contributed by atoms with Gasteiger partial charge in [-0.05, 0) is 54.7 Å². The second-order valence-electron chi connectivity index (χ2n) is 4.96. The maximum absolute atomic E-state index is 11.1. The lowest BCUT2D eigenvalue weighted by atomic mass is 10.1. The molecule has 2 aromatic rings. The van der Waals surface area contributed by atoms with Crippen LogP contribution in [0.5, 0.6) is 0 Å². The Morgan fingerprint density at radius 2 is 1.95 bits per heavy atom. The molecule has 3 rings (SSSR count). The van der Waals surface area contributed by atoms with Crippen molar-refractivity contribution < 1.29 is 12.8 Å². The molecule has 0 saturated heterocycles. The van der Waals surface area contributed by atoms with E-state index >= 15 is 0 Å². The van der Waals surface area contributed by atoms with Gasteiger partial charge in [0.15, 0.2) is 0 Å². The van der Waals surface area contributed by atoms with Crippen LogP contribution in [0.1, 0.15) is 23.3 Å². The van der Waals surface area contributed by atoms with E-state index in [1.54, 1.807) is 6.07 Å². The van der Waals surface area contributed by atoms with E-state index in [4.69, 9.17) is 9.56 Å². The predicted octanol–water partition coefficient (Wildman–Crippen LogP) is 2.03. The Kier molecular flexibility index (Phi) is 3.27. The highest BCUT2D eigenvalue weighted by Crippen LogP contribution is 2.25. The van der Waals surface area contributed by atoms with Gasteiger partial charge < -0.3 is 9.73 Å². The van der Waals surface area contributed by atoms with Crippen molar-refractivity contribution in [3.05, 3.63) is 47.2 Å². The summed E-state index contributed by atoms with van der Waals surface area (Å²) in [5, 5.41) is 8.02. The van der Waals surface area contributed by atoms with E-state index in [1.165, 1.54) is 23.6 Å². The molecule has 20 heavy (non-hydrogen) atoms. The molecule has 0 amide bonds. The van der Waals surface area contributed by atoms with Gasteiger partial charge in [-0.15, -0.1) is 0 Å². The second-order valence-corrected chi connectivity index (χ2v) is 6.45. The van der Waals surface area contributed by atoms with Gasteiger partial charge in [0, 0.05) is 5.69 Å². The van der Waals surface area contributed by atoms with Crippen LogP contribution in [0.4, 0.5) is 5.69 Å². The fourth-order valence-corrected chi connectivity index (χ4v) is 2.96. The maximum atomic E-state index is 11.1. The number of hydrogen-bond donors (Lipinski definition) is 2. The first-order valence-corrected chi connectivity index (χ1v) is 8.04. The third-order valence-corrected chi connectivity index (χ3v) is 4.26. The van der Waals surface area contributed by atoms with Crippen LogP contribution in [-0.2, 0) is 29.4 Å². The molecule has 0 bridgehead atoms. The van der Waals surface area contributed by atoms with Gasteiger partial charge in [-0.1, -0.05) is 6.07 Å². The van der Waals surface area contributed by atoms with Gasteiger partial charge >= 0.3 is 0 Å². The number of rotatable bonds is 4. The largest absolute Gasteiger partial charge is 0.446 e. The van der Waals surface area contributed by atoms with Gasteiger partial charge in [0.05, 0.1) is 6.54 Å². The zero-order valence-electron chi connectivity index (χ0n) is 10.9. The minimum Gasteiger partial charge on any atom is -0.446 e. The number of benzene rings is 1. The number of furan rings is 1. The molecule has 0 fully saturated rings. The van der Waals surface area contributed by atoms with Crippen LogP contribution in [-0.4, -0.2) is 8.42 Å². The third-order valence-electron chi connectivity index (χ3n) is 3.48. The van der Waals surface area contributed by atoms with E-state index in [0.29, 0.717) is 12.3 Å². The summed E-state index contributed by atoms with van der Waals surface area (Å²) in [7, 11) is -3.77. The Morgan fingerprint density at radius 3 is 2.70 bits per heavy atom. The van der Waals surface area contributed by atoms with Crippen molar-refractivity contribution in [2.75, 3.05) is 5.32 Å². The zero-order chi connectivity index (χ0) is 14.2. The topological polar surface area (TPSA) is 85.3 Å². The van der Waals surface area contributed by atoms with E-state index in [-0.39, 0.29) is 5.09 Å². The first-order chi connectivity index (χ1) is 9.52. The smallest absolute Gasteiger partial charge is 0.271 e. The predicted molar refractivity (Wildman–Crippen MR) is 75.9 cm³/mol. The van der Waals surface area contributed by atoms with Gasteiger partial charge in [-0.25, -0.2) is 13.6 Å². The lowest BCUT2D eigenvalue weighted by Crippen LogP contribution is -2.10. The summed E-state index contributed by atoms with van der Waals surface area (Å²) in [6.07, 6.45) is 3.50. The summed E-state index contributed by atoms with van der Waals surface area (Å²) in [4.78, 5) is 0. The fourth-order valence-electron chi connectivity index (χ4n) is 2.48. The van der Waals surface area contributed by atoms with Gasteiger partial charge in [0.1, 0.15) is 5.76 Å². The molecule has 0 aliphatic heterocycles. The number of aryl methyl sites for hydroxylation is 2. The molecule has 0 spiro atoms. The van der Waals surface area contributed by atoms with Crippen molar-refractivity contribution in [3.63, 3.8) is 0 Å². The Morgan fingerprint density at radius 1 is 1.15 bits per heavy atom. The van der Waals surface area contributed by atoms with Crippen LogP contribution in [0.15, 0.2) is 39.8 Å². The lowest BCUT2D eigenvalue weighted by Gasteiger charge is -2.07. The third kappa shape index (κ3) is 2.71. The molecular formula is C14H16N2O3S. The number of anilines is 1. The molecular weight excluding hydrogens is 276 g/mol. The minimum atomic E-state index is -3.77. The van der Waals surface area contributed by atoms with Crippen LogP contribution >= 0.6 is 0 Å². The normalized spacial score (nSPS) is 14.2. The van der Waals surface area contributed by atoms with E-state index in [0.717, 1.165) is 18.5 Å². The first kappa shape index (κ1) is 13.2. The van der Waals surface area contributed by atoms with Crippen molar-refractivity contribution in [2.24, 2.45) is 5.14 Å². The average molecular weight is 292 g/mol. The summed E-state index contributed by atoms with van der Waals surface area (Å²) in [6, 6.07) is 9.30. The average Bonchev–Trinajstić information content (AvgIpc) is 3.04. The molecule has 3 N–H and O–H groups in total. The number of primary sulfonamides is 1. The minimum absolute atomic E-state index is 0.205. The zero-order valence-corrected chi connectivity index (χ0v) is 11.7. The summed E-state index contributed by atoms with van der Waals surface area (Å²) >= 11 is 0. The molecule has 1 aliphatic carbocycles. The number of nitrogens with one attached hydrogen (secondary N) is 1. The number of nitrogens with two attached hydrogens (primary N) is 1. The van der Waals surface area contributed by atoms with Crippen LogP contribution in [0.3, 0.4) is 0 Å². The SMILES string of the molecule is NS(=O)(=O)c1ccc(CNc2ccc3c(c2)CCC3)o1. The molecule has 1 aromatic heterocycles. The highest BCUT2D eigenvalue weighted by atomic mass is 32.2. The van der Waals surface area contributed by atoms with Crippen LogP contribution < -0.4 is 10.5 Å². The molecule has 1 heterocycles. The highest BCUT2D eigenvalue weighted by Gasteiger charge is 2.14. The molecule has 0 unspecified atom stereocenters. The lowest BCUT2D eigenvalue weighted by molar-refractivity contribution is 0.419. The molecule has 1 aliphatic rings. The molecule has 5 nitrogen and oxygen atoms in total. The number of fused-ring (bicyclic) bond motifs is 1. The van der Waals surface area contributed by atoms with Crippen molar-refractivity contribution >= 4 is 15.7 Å². The maximum Gasteiger partial charge on any atom is 0.271 e. The summed E-state index contributed by atoms with van der Waals surface area (Å²) < 4.78 is 27.4. The summed E-state index contributed by atoms with van der Waals surface area (Å²) in [5.74, 6) is 0.537. The molecule has 0 radical (unpaired) electrons. The van der Waals surface area contributed by atoms with Crippen LogP contribution in [0, 0.1) is 0 Å². The molecule has 106 valence electrons. The van der Waals surface area contributed by atoms with Crippen molar-refractivity contribution in [1.29, 1.82) is 0 Å². The first-order valence-electron chi connectivity index (χ1n) is 6.49. The molecule has 6 heteroatoms. The van der Waals surface area contributed by atoms with E-state index in [2.05, 4.69) is 17.4 Å². The van der Waals surface area contributed by atoms with Crippen molar-refractivity contribution in [2.45, 2.75) is 30.9 Å². The summed E-state index contributed by atoms with van der Waals surface area (Å²) in [6.45, 7) is 0.425. The second kappa shape index (κ2) is 4.96. The standard InChI is InChI=1S/C14H16N2O3S/c15-20(17,18)14-7-6-13(19-14)9-16-12-5-4-10-2-1-3-11(10)8-12/h4-8,16H,1-3,9H2,(H2,15,17,18). The van der Waals surface area contributed by atoms with Gasteiger partial charge in [-0.3, -0.25) is 0 Å².